The zero-order valence-corrected chi connectivity index (χ0v) is 5.80. The van der Waals surface area contributed by atoms with Crippen molar-refractivity contribution in [3.63, 3.8) is 0 Å². The summed E-state index contributed by atoms with van der Waals surface area (Å²) in [6, 6.07) is 1.74. The fraction of sp³-hybridized carbons (Fsp3) is 0. The molecule has 3 heteroatoms. The highest BCUT2D eigenvalue weighted by Gasteiger charge is 1.99. The van der Waals surface area contributed by atoms with Crippen LogP contribution in [0.5, 0.6) is 0 Å². The van der Waals surface area contributed by atoms with E-state index in [1.54, 1.807) is 24.8 Å². The van der Waals surface area contributed by atoms with Crippen LogP contribution in [0.1, 0.15) is 0 Å². The van der Waals surface area contributed by atoms with E-state index in [9.17, 15) is 0 Å². The molecule has 2 heterocycles. The molecule has 0 saturated carbocycles. The summed E-state index contributed by atoms with van der Waals surface area (Å²) in [7, 11) is 0. The topological polar surface area (TPSA) is 26.0 Å². The first-order valence-electron chi connectivity index (χ1n) is 2.84. The molecule has 0 fully saturated rings. The summed E-state index contributed by atoms with van der Waals surface area (Å²) in [4.78, 5) is 4.02. The van der Waals surface area contributed by atoms with Gasteiger partial charge in [0.1, 0.15) is 18.0 Å². The Morgan fingerprint density at radius 2 is 2.30 bits per heavy atom. The molecule has 0 amide bonds. The van der Waals surface area contributed by atoms with Gasteiger partial charge in [-0.25, -0.2) is 0 Å². The molecule has 0 spiro atoms. The molecule has 0 aliphatic heterocycles. The molecule has 2 rings (SSSR count). The Morgan fingerprint density at radius 1 is 1.40 bits per heavy atom. The van der Waals surface area contributed by atoms with Crippen LogP contribution >= 0.6 is 11.6 Å². The summed E-state index contributed by atoms with van der Waals surface area (Å²) in [5.74, 6) is 0. The van der Waals surface area contributed by atoms with Crippen LogP contribution in [0.4, 0.5) is 0 Å². The van der Waals surface area contributed by atoms with Crippen molar-refractivity contribution in [2.75, 3.05) is 0 Å². The van der Waals surface area contributed by atoms with Crippen LogP contribution in [0, 0.1) is 0 Å². The Hall–Kier alpha value is -1.02. The van der Waals surface area contributed by atoms with Gasteiger partial charge in [-0.1, -0.05) is 11.6 Å². The number of furan rings is 1. The van der Waals surface area contributed by atoms with E-state index in [2.05, 4.69) is 4.98 Å². The lowest BCUT2D eigenvalue weighted by Crippen LogP contribution is -1.70. The van der Waals surface area contributed by atoms with Crippen molar-refractivity contribution in [3.8, 4) is 0 Å². The van der Waals surface area contributed by atoms with Gasteiger partial charge in [0.25, 0.3) is 0 Å². The number of aromatic nitrogens is 1. The minimum Gasteiger partial charge on any atom is -0.470 e. The molecule has 0 aliphatic carbocycles. The van der Waals surface area contributed by atoms with E-state index in [4.69, 9.17) is 16.0 Å². The quantitative estimate of drug-likeness (QED) is 0.581. The van der Waals surface area contributed by atoms with Crippen molar-refractivity contribution in [3.05, 3.63) is 29.8 Å². The monoisotopic (exact) mass is 153 g/mol. The first kappa shape index (κ1) is 5.74. The van der Waals surface area contributed by atoms with Crippen LogP contribution in [0.3, 0.4) is 0 Å². The van der Waals surface area contributed by atoms with E-state index in [1.165, 1.54) is 0 Å². The second kappa shape index (κ2) is 1.99. The van der Waals surface area contributed by atoms with E-state index in [-0.39, 0.29) is 0 Å². The maximum Gasteiger partial charge on any atom is 0.117 e. The van der Waals surface area contributed by atoms with Crippen molar-refractivity contribution in [1.82, 2.24) is 4.98 Å². The van der Waals surface area contributed by atoms with Crippen molar-refractivity contribution in [2.24, 2.45) is 0 Å². The summed E-state index contributed by atoms with van der Waals surface area (Å²) in [5, 5.41) is 1.54. The van der Waals surface area contributed by atoms with E-state index < -0.39 is 0 Å². The van der Waals surface area contributed by atoms with Crippen LogP contribution in [-0.2, 0) is 0 Å². The third kappa shape index (κ3) is 0.693. The average molecular weight is 154 g/mol. The number of nitrogens with zero attached hydrogens (tertiary/aromatic N) is 1. The van der Waals surface area contributed by atoms with Gasteiger partial charge in [0.05, 0.1) is 10.4 Å². The number of fused-ring (bicyclic) bond motifs is 1. The number of halogens is 1. The second-order valence-corrected chi connectivity index (χ2v) is 2.37. The highest BCUT2D eigenvalue weighted by Crippen LogP contribution is 2.21. The largest absolute Gasteiger partial charge is 0.470 e. The Balaban J connectivity index is 2.95. The minimum atomic E-state index is 0.679. The summed E-state index contributed by atoms with van der Waals surface area (Å²) in [5.41, 5.74) is 0.799. The zero-order chi connectivity index (χ0) is 6.97. The maximum absolute atomic E-state index is 5.80. The van der Waals surface area contributed by atoms with Crippen molar-refractivity contribution in [2.45, 2.75) is 0 Å². The molecule has 2 aromatic heterocycles. The zero-order valence-electron chi connectivity index (χ0n) is 5.04. The molecule has 10 heavy (non-hydrogen) atoms. The molecule has 0 aromatic carbocycles. The molecule has 0 aliphatic rings. The van der Waals surface area contributed by atoms with Gasteiger partial charge in [-0.2, -0.15) is 0 Å². The second-order valence-electron chi connectivity index (χ2n) is 1.96. The summed E-state index contributed by atoms with van der Waals surface area (Å²) in [6.45, 7) is 0. The molecule has 0 unspecified atom stereocenters. The van der Waals surface area contributed by atoms with E-state index in [1.807, 2.05) is 0 Å². The standard InChI is InChI=1S/C7H4ClNO/c8-6-1-2-9-7-4-10-3-5(6)7/h1-4H. The molecular formula is C7H4ClNO. The number of pyridine rings is 1. The SMILES string of the molecule is Clc1ccnc2cocc12. The van der Waals surface area contributed by atoms with Gasteiger partial charge in [0, 0.05) is 6.20 Å². The summed E-state index contributed by atoms with van der Waals surface area (Å²) in [6.07, 6.45) is 4.81. The maximum atomic E-state index is 5.80. The van der Waals surface area contributed by atoms with Crippen LogP contribution in [0.2, 0.25) is 5.02 Å². The minimum absolute atomic E-state index is 0.679. The third-order valence-corrected chi connectivity index (χ3v) is 1.66. The fourth-order valence-electron chi connectivity index (χ4n) is 0.842. The number of hydrogen-bond acceptors (Lipinski definition) is 2. The molecule has 2 aromatic rings. The fourth-order valence-corrected chi connectivity index (χ4v) is 1.04. The normalized spacial score (nSPS) is 10.5. The Bertz CT molecular complexity index is 355. The molecule has 0 saturated heterocycles. The molecule has 50 valence electrons. The highest BCUT2D eigenvalue weighted by molar-refractivity contribution is 6.35. The van der Waals surface area contributed by atoms with Crippen molar-refractivity contribution >= 4 is 22.5 Å². The predicted octanol–water partition coefficient (Wildman–Crippen LogP) is 2.48. The summed E-state index contributed by atoms with van der Waals surface area (Å²) >= 11 is 5.80. The first-order chi connectivity index (χ1) is 4.88. The smallest absolute Gasteiger partial charge is 0.117 e. The molecule has 2 nitrogen and oxygen atoms in total. The van der Waals surface area contributed by atoms with E-state index in [0.29, 0.717) is 5.02 Å². The molecule has 0 N–H and O–H groups in total. The number of hydrogen-bond donors (Lipinski definition) is 0. The molecule has 0 bridgehead atoms. The van der Waals surface area contributed by atoms with Crippen LogP contribution in [0.15, 0.2) is 29.2 Å². The first-order valence-corrected chi connectivity index (χ1v) is 3.22. The van der Waals surface area contributed by atoms with Gasteiger partial charge >= 0.3 is 0 Å². The van der Waals surface area contributed by atoms with Gasteiger partial charge in [0.15, 0.2) is 0 Å². The lowest BCUT2D eigenvalue weighted by Gasteiger charge is -1.87. The molecular weight excluding hydrogens is 150 g/mol. The lowest BCUT2D eigenvalue weighted by atomic mass is 10.3. The van der Waals surface area contributed by atoms with Crippen LogP contribution in [0.25, 0.3) is 10.9 Å². The van der Waals surface area contributed by atoms with Gasteiger partial charge in [-0.3, -0.25) is 4.98 Å². The number of rotatable bonds is 0. The molecule has 0 radical (unpaired) electrons. The van der Waals surface area contributed by atoms with Gasteiger partial charge in [-0.05, 0) is 6.07 Å². The molecule has 0 atom stereocenters. The van der Waals surface area contributed by atoms with E-state index >= 15 is 0 Å². The van der Waals surface area contributed by atoms with Crippen LogP contribution in [-0.4, -0.2) is 4.98 Å². The Labute approximate surface area is 62.4 Å². The average Bonchev–Trinajstić information content (AvgIpc) is 2.36. The Morgan fingerprint density at radius 3 is 3.10 bits per heavy atom. The summed E-state index contributed by atoms with van der Waals surface area (Å²) < 4.78 is 4.90. The predicted molar refractivity (Wildman–Crippen MR) is 39.0 cm³/mol. The van der Waals surface area contributed by atoms with Crippen LogP contribution < -0.4 is 0 Å². The highest BCUT2D eigenvalue weighted by atomic mass is 35.5. The van der Waals surface area contributed by atoms with Gasteiger partial charge in [0.2, 0.25) is 0 Å². The van der Waals surface area contributed by atoms with Crippen molar-refractivity contribution in [1.29, 1.82) is 0 Å². The Kier molecular flexibility index (Phi) is 1.14. The lowest BCUT2D eigenvalue weighted by molar-refractivity contribution is 0.572. The van der Waals surface area contributed by atoms with Gasteiger partial charge < -0.3 is 4.42 Å². The van der Waals surface area contributed by atoms with Crippen molar-refractivity contribution < 1.29 is 4.42 Å². The third-order valence-electron chi connectivity index (χ3n) is 1.33. The van der Waals surface area contributed by atoms with Gasteiger partial charge in [-0.15, -0.1) is 0 Å². The van der Waals surface area contributed by atoms with E-state index in [0.717, 1.165) is 10.9 Å².